The van der Waals surface area contributed by atoms with E-state index in [9.17, 15) is 19.2 Å². The average molecular weight is 892 g/mol. The lowest BCUT2D eigenvalue weighted by Gasteiger charge is -2.36. The molecule has 0 aliphatic rings. The lowest BCUT2D eigenvalue weighted by atomic mass is 10.1. The van der Waals surface area contributed by atoms with E-state index < -0.39 is 19.5 Å². The molecule has 13 heteroatoms. The summed E-state index contributed by atoms with van der Waals surface area (Å²) in [6, 6.07) is 11.7. The molecule has 2 heterocycles. The van der Waals surface area contributed by atoms with Crippen LogP contribution in [0.2, 0.25) is 18.1 Å². The summed E-state index contributed by atoms with van der Waals surface area (Å²) in [5.41, 5.74) is 0.0513. The third-order valence-corrected chi connectivity index (χ3v) is 16.5. The Balaban J connectivity index is 0.000000320. The van der Waals surface area contributed by atoms with E-state index in [0.717, 1.165) is 61.2 Å². The van der Waals surface area contributed by atoms with E-state index in [-0.39, 0.29) is 54.2 Å². The molecule has 2 aromatic carbocycles. The van der Waals surface area contributed by atoms with Gasteiger partial charge in [-0.25, -0.2) is 0 Å². The van der Waals surface area contributed by atoms with Crippen molar-refractivity contribution in [2.45, 2.75) is 130 Å². The van der Waals surface area contributed by atoms with Gasteiger partial charge in [0.15, 0.2) is 19.9 Å². The van der Waals surface area contributed by atoms with Gasteiger partial charge >= 0.3 is 11.9 Å². The summed E-state index contributed by atoms with van der Waals surface area (Å²) in [5.74, 6) is 0.784. The average Bonchev–Trinajstić information content (AvgIpc) is 3.69. The molecule has 0 aliphatic heterocycles. The van der Waals surface area contributed by atoms with Crippen molar-refractivity contribution in [2.75, 3.05) is 20.8 Å². The summed E-state index contributed by atoms with van der Waals surface area (Å²) in [4.78, 5) is 49.9. The number of esters is 2. The predicted octanol–water partition coefficient (Wildman–Crippen LogP) is 12.1. The van der Waals surface area contributed by atoms with Crippen LogP contribution < -0.4 is 9.47 Å². The van der Waals surface area contributed by atoms with Crippen LogP contribution in [0, 0.1) is 0 Å². The van der Waals surface area contributed by atoms with Crippen molar-refractivity contribution in [2.24, 2.45) is 0 Å². The Hall–Kier alpha value is -3.10. The fraction of sp³-hybridized carbons (Fsp3) is 0.535. The number of hydrogen-bond donors (Lipinski definition) is 0. The van der Waals surface area contributed by atoms with Gasteiger partial charge in [-0.3, -0.25) is 19.2 Å². The summed E-state index contributed by atoms with van der Waals surface area (Å²) in [7, 11) is 1.53. The number of carbonyl (C=O) groups is 4. The second-order valence-corrected chi connectivity index (χ2v) is 25.0. The fourth-order valence-corrected chi connectivity index (χ4v) is 8.93. The summed E-state index contributed by atoms with van der Waals surface area (Å²) in [6.07, 6.45) is 2.26. The molecule has 0 spiro atoms. The molecular weight excluding hydrogens is 833 g/mol. The maximum atomic E-state index is 12.7. The molecule has 9 nitrogen and oxygen atoms in total. The number of carbonyl (C=O) groups excluding carboxylic acids is 4. The molecule has 4 rings (SSSR count). The van der Waals surface area contributed by atoms with Crippen molar-refractivity contribution in [3.05, 3.63) is 56.2 Å². The molecule has 0 atom stereocenters. The molecule has 0 unspecified atom stereocenters. The number of benzene rings is 2. The first-order valence-electron chi connectivity index (χ1n) is 18.8. The van der Waals surface area contributed by atoms with E-state index in [0.29, 0.717) is 9.75 Å². The number of aryl methyl sites for hydroxylation is 1. The van der Waals surface area contributed by atoms with Gasteiger partial charge < -0.3 is 23.4 Å². The van der Waals surface area contributed by atoms with Gasteiger partial charge in [0.05, 0.1) is 41.3 Å². The molecule has 56 heavy (non-hydrogen) atoms. The minimum atomic E-state index is -1.75. The topological polar surface area (TPSA) is 114 Å². The minimum Gasteiger partial charge on any atom is -0.496 e. The standard InChI is InChI=1S/C26H40O5SSi.C17H19BrO4S/c1-25(2,3)31-24(28)13-12-20(27)23-16-19-15-18(21(29-7)17-22(19)32-23)11-10-14-30-33(8,9)26(4,5)6;1-17(2,3)22-16(20)6-5-12(19)15-8-10-7-11(18)13(21-4)9-14(10)23-15/h15-17H,10-14H2,1-9H3;7-9H,5-6H2,1-4H3. The Morgan fingerprint density at radius 3 is 1.52 bits per heavy atom. The number of halogens is 1. The lowest BCUT2D eigenvalue weighted by molar-refractivity contribution is -0.155. The van der Waals surface area contributed by atoms with Gasteiger partial charge in [-0.05, 0) is 141 Å². The Morgan fingerprint density at radius 1 is 0.643 bits per heavy atom. The van der Waals surface area contributed by atoms with Crippen molar-refractivity contribution in [3.63, 3.8) is 0 Å². The third-order valence-electron chi connectivity index (χ3n) is 9.07. The molecule has 2 aromatic heterocycles. The van der Waals surface area contributed by atoms with Crippen molar-refractivity contribution in [3.8, 4) is 11.5 Å². The number of rotatable bonds is 15. The second-order valence-electron chi connectivity index (χ2n) is 17.2. The number of methoxy groups -OCH3 is 2. The molecule has 0 aliphatic carbocycles. The first-order valence-corrected chi connectivity index (χ1v) is 24.2. The summed E-state index contributed by atoms with van der Waals surface area (Å²) in [6.45, 7) is 22.9. The van der Waals surface area contributed by atoms with Gasteiger partial charge in [0.1, 0.15) is 22.7 Å². The van der Waals surface area contributed by atoms with Crippen LogP contribution in [0.3, 0.4) is 0 Å². The maximum Gasteiger partial charge on any atom is 0.306 e. The zero-order chi connectivity index (χ0) is 42.2. The van der Waals surface area contributed by atoms with E-state index in [2.05, 4.69) is 55.9 Å². The molecule has 0 bridgehead atoms. The maximum absolute atomic E-state index is 12.7. The third kappa shape index (κ3) is 14.4. The van der Waals surface area contributed by atoms with Gasteiger partial charge in [-0.1, -0.05) is 20.8 Å². The van der Waals surface area contributed by atoms with E-state index >= 15 is 0 Å². The van der Waals surface area contributed by atoms with Crippen molar-refractivity contribution < 1.29 is 42.6 Å². The van der Waals surface area contributed by atoms with Crippen molar-refractivity contribution in [1.29, 1.82) is 0 Å². The Labute approximate surface area is 350 Å². The van der Waals surface area contributed by atoms with Crippen molar-refractivity contribution >= 4 is 90.6 Å². The Bertz CT molecular complexity index is 2010. The van der Waals surface area contributed by atoms with Crippen LogP contribution in [-0.2, 0) is 29.9 Å². The molecule has 0 radical (unpaired) electrons. The molecule has 0 N–H and O–H groups in total. The number of hydrogen-bond acceptors (Lipinski definition) is 11. The molecule has 0 fully saturated rings. The molecular formula is C43H59BrO9S2Si. The smallest absolute Gasteiger partial charge is 0.306 e. The van der Waals surface area contributed by atoms with Crippen LogP contribution in [0.15, 0.2) is 40.9 Å². The summed E-state index contributed by atoms with van der Waals surface area (Å²) >= 11 is 6.28. The number of thiophene rings is 2. The van der Waals surface area contributed by atoms with Gasteiger partial charge in [0.25, 0.3) is 0 Å². The molecule has 0 saturated heterocycles. The van der Waals surface area contributed by atoms with Crippen LogP contribution in [0.5, 0.6) is 11.5 Å². The molecule has 308 valence electrons. The normalized spacial score (nSPS) is 12.2. The van der Waals surface area contributed by atoms with Gasteiger partial charge in [0.2, 0.25) is 0 Å². The zero-order valence-corrected chi connectivity index (χ0v) is 39.5. The Kier molecular flexibility index (Phi) is 16.5. The number of fused-ring (bicyclic) bond motifs is 2. The van der Waals surface area contributed by atoms with Gasteiger partial charge in [0, 0.05) is 28.8 Å². The zero-order valence-electron chi connectivity index (χ0n) is 35.3. The van der Waals surface area contributed by atoms with Crippen LogP contribution in [0.1, 0.15) is 119 Å². The number of ketones is 2. The first-order chi connectivity index (χ1) is 25.8. The first kappa shape index (κ1) is 47.3. The predicted molar refractivity (Wildman–Crippen MR) is 235 cm³/mol. The molecule has 0 amide bonds. The highest BCUT2D eigenvalue weighted by atomic mass is 79.9. The minimum absolute atomic E-state index is 0.0367. The van der Waals surface area contributed by atoms with Gasteiger partial charge in [-0.15, -0.1) is 22.7 Å². The Morgan fingerprint density at radius 2 is 1.09 bits per heavy atom. The molecule has 0 saturated carbocycles. The summed E-state index contributed by atoms with van der Waals surface area (Å²) in [5, 5.41) is 2.21. The molecule has 4 aromatic rings. The number of Topliss-reactive ketones (excluding diaryl/α,β-unsaturated/α-hetero) is 2. The fourth-order valence-electron chi connectivity index (χ4n) is 5.24. The van der Waals surface area contributed by atoms with Crippen LogP contribution in [-0.4, -0.2) is 63.9 Å². The largest absolute Gasteiger partial charge is 0.496 e. The quantitative estimate of drug-likeness (QED) is 0.0498. The van der Waals surface area contributed by atoms with Crippen molar-refractivity contribution in [1.82, 2.24) is 0 Å². The highest BCUT2D eigenvalue weighted by Crippen LogP contribution is 2.38. The van der Waals surface area contributed by atoms with E-state index in [1.807, 2.05) is 71.9 Å². The highest BCUT2D eigenvalue weighted by Gasteiger charge is 2.36. The van der Waals surface area contributed by atoms with Crippen LogP contribution >= 0.6 is 38.6 Å². The highest BCUT2D eigenvalue weighted by molar-refractivity contribution is 9.10. The van der Waals surface area contributed by atoms with E-state index in [1.54, 1.807) is 14.2 Å². The SMILES string of the molecule is COc1cc2sc(C(=O)CCC(=O)OC(C)(C)C)cc2cc1Br.COc1cc2sc(C(=O)CCC(=O)OC(C)(C)C)cc2cc1CCCO[Si](C)(C)C(C)(C)C. The monoisotopic (exact) mass is 890 g/mol. The van der Waals surface area contributed by atoms with Crippen LogP contribution in [0.25, 0.3) is 20.2 Å². The lowest BCUT2D eigenvalue weighted by Crippen LogP contribution is -2.41. The second kappa shape index (κ2) is 19.6. The van der Waals surface area contributed by atoms with Gasteiger partial charge in [-0.2, -0.15) is 0 Å². The summed E-state index contributed by atoms with van der Waals surface area (Å²) < 4.78 is 30.5. The van der Waals surface area contributed by atoms with Crippen LogP contribution in [0.4, 0.5) is 0 Å². The van der Waals surface area contributed by atoms with E-state index in [4.69, 9.17) is 23.4 Å². The number of ether oxygens (including phenoxy) is 4. The van der Waals surface area contributed by atoms with E-state index in [1.165, 1.54) is 22.7 Å².